The van der Waals surface area contributed by atoms with Crippen LogP contribution in [0.4, 0.5) is 0 Å². The van der Waals surface area contributed by atoms with Gasteiger partial charge in [0.25, 0.3) is 0 Å². The van der Waals surface area contributed by atoms with Gasteiger partial charge in [-0.15, -0.1) is 0 Å². The number of benzene rings is 1. The Labute approximate surface area is 114 Å². The van der Waals surface area contributed by atoms with Gasteiger partial charge in [-0.25, -0.2) is 0 Å². The molecule has 1 unspecified atom stereocenters. The summed E-state index contributed by atoms with van der Waals surface area (Å²) >= 11 is 0. The molecule has 1 fully saturated rings. The van der Waals surface area contributed by atoms with Crippen molar-refractivity contribution in [2.75, 3.05) is 27.2 Å². The van der Waals surface area contributed by atoms with E-state index in [-0.39, 0.29) is 11.8 Å². The molecule has 1 aliphatic rings. The summed E-state index contributed by atoms with van der Waals surface area (Å²) in [4.78, 5) is 14.1. The molecule has 104 valence electrons. The predicted molar refractivity (Wildman–Crippen MR) is 75.2 cm³/mol. The van der Waals surface area contributed by atoms with Gasteiger partial charge in [0, 0.05) is 0 Å². The first kappa shape index (κ1) is 13.9. The molecule has 2 N–H and O–H groups in total. The number of ether oxygens (including phenoxy) is 1. The van der Waals surface area contributed by atoms with Crippen molar-refractivity contribution < 1.29 is 9.53 Å². The lowest BCUT2D eigenvalue weighted by molar-refractivity contribution is -0.121. The van der Waals surface area contributed by atoms with Gasteiger partial charge in [-0.2, -0.15) is 0 Å². The zero-order chi connectivity index (χ0) is 13.8. The molecule has 4 heteroatoms. The third-order valence-electron chi connectivity index (χ3n) is 4.02. The molecule has 2 rings (SSSR count). The van der Waals surface area contributed by atoms with E-state index >= 15 is 0 Å². The van der Waals surface area contributed by atoms with Gasteiger partial charge >= 0.3 is 0 Å². The number of carbonyl (C=O) groups is 1. The predicted octanol–water partition coefficient (Wildman–Crippen LogP) is 1.61. The average Bonchev–Trinajstić information content (AvgIpc) is 2.42. The molecule has 0 aliphatic carbocycles. The first-order valence-corrected chi connectivity index (χ1v) is 6.73. The monoisotopic (exact) mass is 262 g/mol. The van der Waals surface area contributed by atoms with E-state index < -0.39 is 0 Å². The van der Waals surface area contributed by atoms with Crippen LogP contribution in [0.15, 0.2) is 24.3 Å². The van der Waals surface area contributed by atoms with Gasteiger partial charge in [-0.1, -0.05) is 12.1 Å². The Bertz CT molecular complexity index is 422. The van der Waals surface area contributed by atoms with Crippen LogP contribution in [0, 0.1) is 5.92 Å². The van der Waals surface area contributed by atoms with Crippen LogP contribution in [0.5, 0.6) is 5.75 Å². The molecule has 1 aliphatic heterocycles. The van der Waals surface area contributed by atoms with Crippen LogP contribution in [0.25, 0.3) is 0 Å². The largest absolute Gasteiger partial charge is 0.497 e. The second-order valence-corrected chi connectivity index (χ2v) is 5.29. The second-order valence-electron chi connectivity index (χ2n) is 5.29. The Kier molecular flexibility index (Phi) is 4.43. The van der Waals surface area contributed by atoms with E-state index in [0.29, 0.717) is 5.92 Å². The van der Waals surface area contributed by atoms with E-state index in [0.717, 1.165) is 37.2 Å². The summed E-state index contributed by atoms with van der Waals surface area (Å²) in [6.07, 6.45) is 2.05. The third kappa shape index (κ3) is 3.26. The van der Waals surface area contributed by atoms with E-state index in [9.17, 15) is 4.79 Å². The van der Waals surface area contributed by atoms with E-state index in [1.54, 1.807) is 7.11 Å². The van der Waals surface area contributed by atoms with Crippen molar-refractivity contribution in [3.63, 3.8) is 0 Å². The van der Waals surface area contributed by atoms with E-state index in [4.69, 9.17) is 10.5 Å². The molecule has 1 heterocycles. The normalized spacial score (nSPS) is 19.1. The van der Waals surface area contributed by atoms with Crippen molar-refractivity contribution in [1.29, 1.82) is 0 Å². The lowest BCUT2D eigenvalue weighted by Gasteiger charge is -2.33. The number of rotatable bonds is 4. The van der Waals surface area contributed by atoms with Gasteiger partial charge in [0.2, 0.25) is 5.91 Å². The lowest BCUT2D eigenvalue weighted by Crippen LogP contribution is -2.37. The summed E-state index contributed by atoms with van der Waals surface area (Å²) in [6, 6.07) is 7.68. The molecule has 4 nitrogen and oxygen atoms in total. The first-order valence-electron chi connectivity index (χ1n) is 6.73. The summed E-state index contributed by atoms with van der Waals surface area (Å²) in [5, 5.41) is 0. The minimum atomic E-state index is -0.222. The number of nitrogens with zero attached hydrogens (tertiary/aromatic N) is 1. The van der Waals surface area contributed by atoms with Crippen molar-refractivity contribution in [1.82, 2.24) is 4.90 Å². The van der Waals surface area contributed by atoms with Crippen LogP contribution in [-0.2, 0) is 4.79 Å². The number of carbonyl (C=O) groups excluding carboxylic acids is 1. The molecule has 1 aromatic carbocycles. The van der Waals surface area contributed by atoms with Crippen LogP contribution in [0.2, 0.25) is 0 Å². The number of hydrogen-bond acceptors (Lipinski definition) is 3. The quantitative estimate of drug-likeness (QED) is 0.897. The van der Waals surface area contributed by atoms with Gasteiger partial charge in [0.1, 0.15) is 5.75 Å². The summed E-state index contributed by atoms with van der Waals surface area (Å²) in [5.74, 6) is 0.747. The van der Waals surface area contributed by atoms with E-state index in [2.05, 4.69) is 11.9 Å². The van der Waals surface area contributed by atoms with Crippen molar-refractivity contribution in [2.45, 2.75) is 18.8 Å². The van der Waals surface area contributed by atoms with Crippen molar-refractivity contribution in [3.05, 3.63) is 29.8 Å². The zero-order valence-electron chi connectivity index (χ0n) is 11.6. The molecular formula is C15H22N2O2. The fraction of sp³-hybridized carbons (Fsp3) is 0.533. The number of likely N-dealkylation sites (tertiary alicyclic amines) is 1. The second kappa shape index (κ2) is 6.06. The molecule has 1 saturated heterocycles. The molecule has 1 atom stereocenters. The summed E-state index contributed by atoms with van der Waals surface area (Å²) in [7, 11) is 3.75. The molecule has 0 bridgehead atoms. The number of primary amides is 1. The zero-order valence-corrected chi connectivity index (χ0v) is 11.6. The van der Waals surface area contributed by atoms with E-state index in [1.165, 1.54) is 0 Å². The minimum absolute atomic E-state index is 0.181. The maximum Gasteiger partial charge on any atom is 0.225 e. The van der Waals surface area contributed by atoms with Crippen LogP contribution >= 0.6 is 0 Å². The summed E-state index contributed by atoms with van der Waals surface area (Å²) < 4.78 is 5.15. The summed E-state index contributed by atoms with van der Waals surface area (Å²) in [6.45, 7) is 2.06. The molecule has 0 saturated carbocycles. The third-order valence-corrected chi connectivity index (χ3v) is 4.02. The Balaban J connectivity index is 2.17. The number of hydrogen-bond donors (Lipinski definition) is 1. The Morgan fingerprint density at radius 3 is 2.37 bits per heavy atom. The van der Waals surface area contributed by atoms with Gasteiger partial charge in [0.05, 0.1) is 13.0 Å². The first-order chi connectivity index (χ1) is 9.11. The van der Waals surface area contributed by atoms with Gasteiger partial charge in [-0.3, -0.25) is 4.79 Å². The average molecular weight is 262 g/mol. The van der Waals surface area contributed by atoms with Crippen molar-refractivity contribution in [3.8, 4) is 5.75 Å². The topological polar surface area (TPSA) is 55.6 Å². The number of methoxy groups -OCH3 is 1. The Morgan fingerprint density at radius 2 is 1.89 bits per heavy atom. The maximum atomic E-state index is 11.8. The number of piperidine rings is 1. The van der Waals surface area contributed by atoms with Crippen molar-refractivity contribution >= 4 is 5.91 Å². The highest BCUT2D eigenvalue weighted by molar-refractivity contribution is 5.82. The fourth-order valence-electron chi connectivity index (χ4n) is 2.84. The standard InChI is InChI=1S/C15H22N2O2/c1-17-9-7-12(8-10-17)14(15(16)18)11-3-5-13(19-2)6-4-11/h3-6,12,14H,7-10H2,1-2H3,(H2,16,18). The molecule has 0 radical (unpaired) electrons. The fourth-order valence-corrected chi connectivity index (χ4v) is 2.84. The van der Waals surface area contributed by atoms with Crippen LogP contribution in [0.3, 0.4) is 0 Å². The number of nitrogens with two attached hydrogens (primary N) is 1. The summed E-state index contributed by atoms with van der Waals surface area (Å²) in [5.41, 5.74) is 6.62. The molecular weight excluding hydrogens is 240 g/mol. The smallest absolute Gasteiger partial charge is 0.225 e. The Morgan fingerprint density at radius 1 is 1.32 bits per heavy atom. The highest BCUT2D eigenvalue weighted by Gasteiger charge is 2.30. The molecule has 0 aromatic heterocycles. The number of amides is 1. The van der Waals surface area contributed by atoms with Crippen LogP contribution in [0.1, 0.15) is 24.3 Å². The molecule has 19 heavy (non-hydrogen) atoms. The lowest BCUT2D eigenvalue weighted by atomic mass is 9.79. The minimum Gasteiger partial charge on any atom is -0.497 e. The molecule has 1 amide bonds. The maximum absolute atomic E-state index is 11.8. The van der Waals surface area contributed by atoms with Crippen LogP contribution in [-0.4, -0.2) is 38.1 Å². The SMILES string of the molecule is COc1ccc(C(C(N)=O)C2CCN(C)CC2)cc1. The molecule has 1 aromatic rings. The van der Waals surface area contributed by atoms with Crippen LogP contribution < -0.4 is 10.5 Å². The molecule has 0 spiro atoms. The Hall–Kier alpha value is -1.55. The van der Waals surface area contributed by atoms with Crippen molar-refractivity contribution in [2.24, 2.45) is 11.7 Å². The highest BCUT2D eigenvalue weighted by Crippen LogP contribution is 2.33. The van der Waals surface area contributed by atoms with Gasteiger partial charge in [0.15, 0.2) is 0 Å². The van der Waals surface area contributed by atoms with Gasteiger partial charge in [-0.05, 0) is 56.6 Å². The van der Waals surface area contributed by atoms with Gasteiger partial charge < -0.3 is 15.4 Å². The highest BCUT2D eigenvalue weighted by atomic mass is 16.5. The van der Waals surface area contributed by atoms with E-state index in [1.807, 2.05) is 24.3 Å².